The molecule has 1 aliphatic rings. The topological polar surface area (TPSA) is 9.23 Å². The Morgan fingerprint density at radius 3 is 2.28 bits per heavy atom. The number of benzene rings is 2. The van der Waals surface area contributed by atoms with E-state index < -0.39 is 0 Å². The van der Waals surface area contributed by atoms with Gasteiger partial charge >= 0.3 is 0 Å². The molecule has 18 heavy (non-hydrogen) atoms. The lowest BCUT2D eigenvalue weighted by molar-refractivity contribution is 0.306. The number of ether oxygens (including phenoxy) is 1. The molecule has 0 aromatic heterocycles. The maximum Gasteiger partial charge on any atom is 0.119 e. The van der Waals surface area contributed by atoms with Crippen LogP contribution in [-0.4, -0.2) is 0 Å². The van der Waals surface area contributed by atoms with Crippen molar-refractivity contribution in [3.05, 3.63) is 65.7 Å². The summed E-state index contributed by atoms with van der Waals surface area (Å²) in [5.41, 5.74) is 2.66. The molecule has 2 atom stereocenters. The molecule has 0 saturated heterocycles. The van der Waals surface area contributed by atoms with E-state index in [0.29, 0.717) is 6.61 Å². The van der Waals surface area contributed by atoms with Crippen LogP contribution in [-0.2, 0) is 6.61 Å². The summed E-state index contributed by atoms with van der Waals surface area (Å²) in [6, 6.07) is 18.8. The molecule has 0 amide bonds. The molecular formula is C17H18O. The Morgan fingerprint density at radius 2 is 1.67 bits per heavy atom. The van der Waals surface area contributed by atoms with E-state index in [4.69, 9.17) is 4.74 Å². The first kappa shape index (κ1) is 11.3. The molecule has 2 aromatic rings. The fourth-order valence-corrected chi connectivity index (χ4v) is 2.34. The molecular weight excluding hydrogens is 220 g/mol. The van der Waals surface area contributed by atoms with E-state index in [2.05, 4.69) is 43.3 Å². The van der Waals surface area contributed by atoms with Gasteiger partial charge in [0.15, 0.2) is 0 Å². The lowest BCUT2D eigenvalue weighted by Gasteiger charge is -2.07. The number of hydrogen-bond acceptors (Lipinski definition) is 1. The fraction of sp³-hybridized carbons (Fsp3) is 0.294. The van der Waals surface area contributed by atoms with Crippen LogP contribution in [0.15, 0.2) is 54.6 Å². The molecule has 1 unspecified atom stereocenters. The maximum absolute atomic E-state index is 5.77. The molecule has 1 saturated carbocycles. The van der Waals surface area contributed by atoms with Gasteiger partial charge in [-0.05, 0) is 41.5 Å². The third kappa shape index (κ3) is 2.56. The Kier molecular flexibility index (Phi) is 3.06. The highest BCUT2D eigenvalue weighted by molar-refractivity contribution is 5.32. The monoisotopic (exact) mass is 238 g/mol. The van der Waals surface area contributed by atoms with Crippen LogP contribution in [0, 0.1) is 5.92 Å². The molecule has 0 bridgehead atoms. The van der Waals surface area contributed by atoms with Crippen molar-refractivity contribution in [2.45, 2.75) is 25.9 Å². The summed E-state index contributed by atoms with van der Waals surface area (Å²) in [4.78, 5) is 0. The van der Waals surface area contributed by atoms with E-state index in [9.17, 15) is 0 Å². The second-order valence-electron chi connectivity index (χ2n) is 5.16. The van der Waals surface area contributed by atoms with E-state index in [-0.39, 0.29) is 0 Å². The highest BCUT2D eigenvalue weighted by Gasteiger charge is 2.33. The zero-order chi connectivity index (χ0) is 12.4. The SMILES string of the molecule is C[C@@H]1CC1c1ccc(OCc2ccccc2)cc1. The lowest BCUT2D eigenvalue weighted by atomic mass is 10.1. The van der Waals surface area contributed by atoms with E-state index in [1.807, 2.05) is 18.2 Å². The van der Waals surface area contributed by atoms with Crippen molar-refractivity contribution < 1.29 is 4.74 Å². The van der Waals surface area contributed by atoms with Gasteiger partial charge in [0.2, 0.25) is 0 Å². The molecule has 0 spiro atoms. The Labute approximate surface area is 108 Å². The van der Waals surface area contributed by atoms with Crippen molar-refractivity contribution in [3.8, 4) is 5.75 Å². The average Bonchev–Trinajstić information content (AvgIpc) is 3.15. The van der Waals surface area contributed by atoms with Gasteiger partial charge in [-0.1, -0.05) is 49.4 Å². The summed E-state index contributed by atoms with van der Waals surface area (Å²) >= 11 is 0. The Morgan fingerprint density at radius 1 is 1.00 bits per heavy atom. The highest BCUT2D eigenvalue weighted by atomic mass is 16.5. The second kappa shape index (κ2) is 4.85. The first-order valence-electron chi connectivity index (χ1n) is 6.59. The largest absolute Gasteiger partial charge is 0.489 e. The van der Waals surface area contributed by atoms with E-state index in [1.54, 1.807) is 0 Å². The predicted molar refractivity (Wildman–Crippen MR) is 73.7 cm³/mol. The van der Waals surface area contributed by atoms with Gasteiger partial charge in [-0.2, -0.15) is 0 Å². The smallest absolute Gasteiger partial charge is 0.119 e. The molecule has 92 valence electrons. The fourth-order valence-electron chi connectivity index (χ4n) is 2.34. The second-order valence-corrected chi connectivity index (χ2v) is 5.16. The third-order valence-electron chi connectivity index (χ3n) is 3.67. The molecule has 0 heterocycles. The van der Waals surface area contributed by atoms with Crippen molar-refractivity contribution in [1.29, 1.82) is 0 Å². The Hall–Kier alpha value is -1.76. The first-order valence-corrected chi connectivity index (χ1v) is 6.59. The van der Waals surface area contributed by atoms with Gasteiger partial charge in [-0.15, -0.1) is 0 Å². The van der Waals surface area contributed by atoms with Crippen molar-refractivity contribution in [1.82, 2.24) is 0 Å². The van der Waals surface area contributed by atoms with Crippen LogP contribution in [0.3, 0.4) is 0 Å². The summed E-state index contributed by atoms with van der Waals surface area (Å²) in [5.74, 6) is 2.60. The highest BCUT2D eigenvalue weighted by Crippen LogP contribution is 2.47. The van der Waals surface area contributed by atoms with Crippen LogP contribution in [0.25, 0.3) is 0 Å². The summed E-state index contributed by atoms with van der Waals surface area (Å²) < 4.78 is 5.77. The van der Waals surface area contributed by atoms with Gasteiger partial charge in [0.25, 0.3) is 0 Å². The van der Waals surface area contributed by atoms with Crippen LogP contribution in [0.1, 0.15) is 30.4 Å². The van der Waals surface area contributed by atoms with Crippen molar-refractivity contribution in [2.75, 3.05) is 0 Å². The molecule has 1 aliphatic carbocycles. The van der Waals surface area contributed by atoms with Gasteiger partial charge in [0, 0.05) is 0 Å². The number of rotatable bonds is 4. The van der Waals surface area contributed by atoms with Crippen LogP contribution in [0.2, 0.25) is 0 Å². The zero-order valence-electron chi connectivity index (χ0n) is 10.7. The summed E-state index contributed by atoms with van der Waals surface area (Å²) in [6.45, 7) is 2.95. The zero-order valence-corrected chi connectivity index (χ0v) is 10.7. The molecule has 3 rings (SSSR count). The van der Waals surface area contributed by atoms with Crippen molar-refractivity contribution in [2.24, 2.45) is 5.92 Å². The summed E-state index contributed by atoms with van der Waals surface area (Å²) in [6.07, 6.45) is 1.34. The van der Waals surface area contributed by atoms with E-state index in [1.165, 1.54) is 17.5 Å². The van der Waals surface area contributed by atoms with Gasteiger partial charge < -0.3 is 4.74 Å². The quantitative estimate of drug-likeness (QED) is 0.767. The van der Waals surface area contributed by atoms with Crippen molar-refractivity contribution >= 4 is 0 Å². The normalized spacial score (nSPS) is 21.6. The molecule has 1 fully saturated rings. The van der Waals surface area contributed by atoms with Gasteiger partial charge in [-0.3, -0.25) is 0 Å². The Bertz CT molecular complexity index is 501. The van der Waals surface area contributed by atoms with Crippen molar-refractivity contribution in [3.63, 3.8) is 0 Å². The molecule has 0 aliphatic heterocycles. The minimum absolute atomic E-state index is 0.639. The average molecular weight is 238 g/mol. The van der Waals surface area contributed by atoms with Crippen LogP contribution < -0.4 is 4.74 Å². The molecule has 1 heteroatoms. The molecule has 0 N–H and O–H groups in total. The van der Waals surface area contributed by atoms with E-state index in [0.717, 1.165) is 17.6 Å². The summed E-state index contributed by atoms with van der Waals surface area (Å²) in [7, 11) is 0. The molecule has 1 nitrogen and oxygen atoms in total. The predicted octanol–water partition coefficient (Wildman–Crippen LogP) is 4.39. The minimum Gasteiger partial charge on any atom is -0.489 e. The van der Waals surface area contributed by atoms with E-state index >= 15 is 0 Å². The third-order valence-corrected chi connectivity index (χ3v) is 3.67. The van der Waals surface area contributed by atoms with Crippen LogP contribution >= 0.6 is 0 Å². The lowest BCUT2D eigenvalue weighted by Crippen LogP contribution is -1.95. The van der Waals surface area contributed by atoms with Gasteiger partial charge in [-0.25, -0.2) is 0 Å². The van der Waals surface area contributed by atoms with Gasteiger partial charge in [0.05, 0.1) is 0 Å². The van der Waals surface area contributed by atoms with Crippen LogP contribution in [0.5, 0.6) is 5.75 Å². The summed E-state index contributed by atoms with van der Waals surface area (Å²) in [5, 5.41) is 0. The standard InChI is InChI=1S/C17H18O/c1-13-11-17(13)15-7-9-16(10-8-15)18-12-14-5-3-2-4-6-14/h2-10,13,17H,11-12H2,1H3/t13-,17?/m1/s1. The molecule has 2 aromatic carbocycles. The minimum atomic E-state index is 0.639. The number of hydrogen-bond donors (Lipinski definition) is 0. The first-order chi connectivity index (χ1) is 8.83. The van der Waals surface area contributed by atoms with Gasteiger partial charge in [0.1, 0.15) is 12.4 Å². The molecule has 0 radical (unpaired) electrons. The van der Waals surface area contributed by atoms with Crippen LogP contribution in [0.4, 0.5) is 0 Å². The maximum atomic E-state index is 5.77. The Balaban J connectivity index is 1.60.